The zero-order chi connectivity index (χ0) is 24.2. The molecule has 1 N–H and O–H groups in total. The van der Waals surface area contributed by atoms with Crippen molar-refractivity contribution in [1.82, 2.24) is 19.6 Å². The van der Waals surface area contributed by atoms with Gasteiger partial charge in [-0.25, -0.2) is 13.5 Å². The van der Waals surface area contributed by atoms with Gasteiger partial charge in [0.05, 0.1) is 42.8 Å². The third-order valence-electron chi connectivity index (χ3n) is 5.62. The average Bonchev–Trinajstić information content (AvgIpc) is 3.10. The second-order valence-electron chi connectivity index (χ2n) is 8.32. The summed E-state index contributed by atoms with van der Waals surface area (Å²) in [5, 5.41) is 10.9. The zero-order valence-electron chi connectivity index (χ0n) is 17.8. The van der Waals surface area contributed by atoms with Crippen LogP contribution in [0.4, 0.5) is 33.5 Å². The minimum Gasteiger partial charge on any atom is -0.487 e. The maximum absolute atomic E-state index is 13.8. The van der Waals surface area contributed by atoms with Crippen LogP contribution in [-0.2, 0) is 13.2 Å². The van der Waals surface area contributed by atoms with Gasteiger partial charge in [-0.1, -0.05) is 0 Å². The van der Waals surface area contributed by atoms with Gasteiger partial charge in [-0.2, -0.15) is 23.4 Å². The first-order valence-electron chi connectivity index (χ1n) is 10.4. The summed E-state index contributed by atoms with van der Waals surface area (Å²) in [7, 11) is 1.70. The highest BCUT2D eigenvalue weighted by Gasteiger charge is 2.44. The fourth-order valence-electron chi connectivity index (χ4n) is 3.84. The van der Waals surface area contributed by atoms with Crippen LogP contribution < -0.4 is 15.0 Å². The fraction of sp³-hybridized carbons (Fsp3) is 0.381. The first-order chi connectivity index (χ1) is 16.1. The van der Waals surface area contributed by atoms with E-state index >= 15 is 0 Å². The van der Waals surface area contributed by atoms with E-state index in [1.807, 2.05) is 0 Å². The summed E-state index contributed by atoms with van der Waals surface area (Å²) in [5.74, 6) is -1.38. The van der Waals surface area contributed by atoms with Crippen LogP contribution in [0.1, 0.15) is 28.4 Å². The molecular formula is C21H19F5N6O2. The first kappa shape index (κ1) is 22.2. The van der Waals surface area contributed by atoms with E-state index in [2.05, 4.69) is 15.5 Å². The molecule has 2 aromatic heterocycles. The van der Waals surface area contributed by atoms with Gasteiger partial charge in [0.1, 0.15) is 35.2 Å². The molecule has 34 heavy (non-hydrogen) atoms. The molecule has 1 aromatic carbocycles. The number of hydrogen-bond acceptors (Lipinski definition) is 5. The Morgan fingerprint density at radius 2 is 1.91 bits per heavy atom. The topological polar surface area (TPSA) is 77.2 Å². The van der Waals surface area contributed by atoms with Crippen molar-refractivity contribution >= 4 is 17.4 Å². The second-order valence-corrected chi connectivity index (χ2v) is 8.32. The normalized spacial score (nSPS) is 20.2. The van der Waals surface area contributed by atoms with E-state index in [0.717, 1.165) is 12.1 Å². The molecule has 3 aromatic rings. The van der Waals surface area contributed by atoms with Gasteiger partial charge in [-0.05, 0) is 12.1 Å². The van der Waals surface area contributed by atoms with E-state index < -0.39 is 41.8 Å². The number of benzene rings is 1. The average molecular weight is 482 g/mol. The molecule has 2 aliphatic rings. The molecule has 180 valence electrons. The van der Waals surface area contributed by atoms with Crippen LogP contribution in [0.15, 0.2) is 36.8 Å². The number of anilines is 2. The lowest BCUT2D eigenvalue weighted by atomic mass is 10.1. The van der Waals surface area contributed by atoms with Gasteiger partial charge >= 0.3 is 6.18 Å². The van der Waals surface area contributed by atoms with Crippen LogP contribution >= 0.6 is 0 Å². The number of halogens is 5. The number of rotatable bonds is 6. The monoisotopic (exact) mass is 482 g/mol. The molecule has 2 atom stereocenters. The molecule has 3 heterocycles. The summed E-state index contributed by atoms with van der Waals surface area (Å²) in [6.45, 7) is 0.390. The van der Waals surface area contributed by atoms with E-state index in [-0.39, 0.29) is 30.8 Å². The van der Waals surface area contributed by atoms with Crippen molar-refractivity contribution in [2.24, 2.45) is 7.05 Å². The Balaban J connectivity index is 1.32. The highest BCUT2D eigenvalue weighted by molar-refractivity contribution is 6.07. The van der Waals surface area contributed by atoms with E-state index in [4.69, 9.17) is 4.74 Å². The largest absolute Gasteiger partial charge is 0.487 e. The van der Waals surface area contributed by atoms with Crippen LogP contribution in [0.5, 0.6) is 5.75 Å². The number of carbonyl (C=O) groups is 1. The van der Waals surface area contributed by atoms with Crippen molar-refractivity contribution in [3.8, 4) is 5.75 Å². The zero-order valence-corrected chi connectivity index (χ0v) is 17.8. The van der Waals surface area contributed by atoms with E-state index in [0.29, 0.717) is 17.6 Å². The number of nitrogens with zero attached hydrogens (tertiary/aromatic N) is 5. The summed E-state index contributed by atoms with van der Waals surface area (Å²) in [6.07, 6.45) is -1.63. The Labute approximate surface area is 189 Å². The molecular weight excluding hydrogens is 463 g/mol. The Hall–Kier alpha value is -3.64. The van der Waals surface area contributed by atoms with Crippen molar-refractivity contribution in [3.63, 3.8) is 0 Å². The molecule has 1 aliphatic heterocycles. The third kappa shape index (κ3) is 4.29. The lowest BCUT2D eigenvalue weighted by molar-refractivity contribution is -0.137. The molecule has 5 rings (SSSR count). The van der Waals surface area contributed by atoms with Crippen LogP contribution in [0.25, 0.3) is 0 Å². The van der Waals surface area contributed by atoms with Gasteiger partial charge in [0.25, 0.3) is 5.91 Å². The molecule has 1 saturated heterocycles. The van der Waals surface area contributed by atoms with E-state index in [1.54, 1.807) is 18.1 Å². The van der Waals surface area contributed by atoms with Gasteiger partial charge in [0.15, 0.2) is 0 Å². The summed E-state index contributed by atoms with van der Waals surface area (Å²) in [5.41, 5.74) is -0.460. The maximum Gasteiger partial charge on any atom is 0.416 e. The number of aryl methyl sites for hydroxylation is 1. The quantitative estimate of drug-likeness (QED) is 0.544. The molecule has 0 spiro atoms. The number of nitrogens with one attached hydrogen (secondary N) is 1. The number of aromatic nitrogens is 4. The van der Waals surface area contributed by atoms with Crippen LogP contribution in [-0.4, -0.2) is 50.8 Å². The van der Waals surface area contributed by atoms with Crippen molar-refractivity contribution in [2.45, 2.75) is 30.9 Å². The minimum atomic E-state index is -4.71. The lowest BCUT2D eigenvalue weighted by Gasteiger charge is -2.41. The Kier molecular flexibility index (Phi) is 5.21. The summed E-state index contributed by atoms with van der Waals surface area (Å²) in [4.78, 5) is 14.6. The van der Waals surface area contributed by atoms with Crippen LogP contribution in [0.2, 0.25) is 0 Å². The summed E-state index contributed by atoms with van der Waals surface area (Å²) >= 11 is 0. The van der Waals surface area contributed by atoms with E-state index in [1.165, 1.54) is 21.8 Å². The number of ether oxygens (including phenoxy) is 1. The molecule has 2 unspecified atom stereocenters. The molecule has 0 radical (unpaired) electrons. The molecule has 8 nitrogen and oxygen atoms in total. The SMILES string of the molecule is Cn1cc(NC(=O)c2cnn(C3CC3F)c2N2CC(Oc3cc(F)cc(C(F)(F)F)c3)C2)cn1. The van der Waals surface area contributed by atoms with Crippen molar-refractivity contribution in [1.29, 1.82) is 0 Å². The number of carbonyl (C=O) groups excluding carboxylic acids is 1. The van der Waals surface area contributed by atoms with Gasteiger partial charge in [-0.15, -0.1) is 0 Å². The number of amides is 1. The molecule has 0 bridgehead atoms. The Morgan fingerprint density at radius 3 is 2.53 bits per heavy atom. The maximum atomic E-state index is 13.8. The molecule has 1 aliphatic carbocycles. The molecule has 13 heteroatoms. The Morgan fingerprint density at radius 1 is 1.18 bits per heavy atom. The van der Waals surface area contributed by atoms with E-state index in [9.17, 15) is 26.7 Å². The standard InChI is InChI=1S/C21H19F5N6O2/c1-30-8-13(6-27-30)29-19(33)16-7-28-32(18-5-17(18)23)20(16)31-9-15(10-31)34-14-3-11(21(24,25)26)2-12(22)4-14/h2-4,6-8,15,17-18H,5,9-10H2,1H3,(H,29,33). The van der Waals surface area contributed by atoms with Gasteiger partial charge in [-0.3, -0.25) is 9.48 Å². The number of alkyl halides is 4. The smallest absolute Gasteiger partial charge is 0.416 e. The molecule has 1 saturated carbocycles. The highest BCUT2D eigenvalue weighted by Crippen LogP contribution is 2.43. The first-order valence-corrected chi connectivity index (χ1v) is 10.4. The second kappa shape index (κ2) is 7.99. The molecule has 2 fully saturated rings. The summed E-state index contributed by atoms with van der Waals surface area (Å²) < 4.78 is 74.8. The predicted molar refractivity (Wildman–Crippen MR) is 110 cm³/mol. The van der Waals surface area contributed by atoms with Gasteiger partial charge in [0.2, 0.25) is 0 Å². The van der Waals surface area contributed by atoms with Crippen molar-refractivity contribution < 1.29 is 31.5 Å². The lowest BCUT2D eigenvalue weighted by Crippen LogP contribution is -2.55. The third-order valence-corrected chi connectivity index (χ3v) is 5.62. The fourth-order valence-corrected chi connectivity index (χ4v) is 3.84. The summed E-state index contributed by atoms with van der Waals surface area (Å²) in [6, 6.07) is 1.52. The predicted octanol–water partition coefficient (Wildman–Crippen LogP) is 3.58. The minimum absolute atomic E-state index is 0.195. The highest BCUT2D eigenvalue weighted by atomic mass is 19.4. The van der Waals surface area contributed by atoms with Crippen LogP contribution in [0.3, 0.4) is 0 Å². The van der Waals surface area contributed by atoms with Gasteiger partial charge in [0, 0.05) is 25.7 Å². The van der Waals surface area contributed by atoms with Crippen molar-refractivity contribution in [2.75, 3.05) is 23.3 Å². The number of hydrogen-bond donors (Lipinski definition) is 1. The Bertz CT molecular complexity index is 1230. The molecule has 1 amide bonds. The van der Waals surface area contributed by atoms with Crippen LogP contribution in [0, 0.1) is 5.82 Å². The van der Waals surface area contributed by atoms with Crippen molar-refractivity contribution in [3.05, 3.63) is 53.7 Å². The van der Waals surface area contributed by atoms with Gasteiger partial charge < -0.3 is 15.0 Å².